The summed E-state index contributed by atoms with van der Waals surface area (Å²) in [6.45, 7) is 4.81. The number of carbonyl (C=O) groups excluding carboxylic acids is 1. The second kappa shape index (κ2) is 10.7. The van der Waals surface area contributed by atoms with Gasteiger partial charge in [-0.15, -0.1) is 0 Å². The molecule has 0 radical (unpaired) electrons. The highest BCUT2D eigenvalue weighted by molar-refractivity contribution is 5.81. The molecule has 0 amide bonds. The molecule has 0 aliphatic carbocycles. The molecule has 1 aromatic heterocycles. The third-order valence-electron chi connectivity index (χ3n) is 6.66. The third-order valence-corrected chi connectivity index (χ3v) is 6.66. The van der Waals surface area contributed by atoms with Gasteiger partial charge in [-0.3, -0.25) is 4.79 Å². The summed E-state index contributed by atoms with van der Waals surface area (Å²) in [7, 11) is 4.31. The number of fused-ring (bicyclic) bond motifs is 1. The predicted octanol–water partition coefficient (Wildman–Crippen LogP) is 3.98. The van der Waals surface area contributed by atoms with Gasteiger partial charge in [0.1, 0.15) is 5.82 Å². The van der Waals surface area contributed by atoms with Gasteiger partial charge in [0.2, 0.25) is 0 Å². The Kier molecular flexibility index (Phi) is 7.49. The van der Waals surface area contributed by atoms with Crippen LogP contribution >= 0.6 is 0 Å². The molecule has 0 saturated carbocycles. The molecule has 1 aliphatic heterocycles. The maximum atomic E-state index is 12.1. The van der Waals surface area contributed by atoms with Gasteiger partial charge in [-0.2, -0.15) is 5.26 Å². The number of esters is 1. The van der Waals surface area contributed by atoms with Crippen molar-refractivity contribution < 1.29 is 9.53 Å². The first-order chi connectivity index (χ1) is 16.5. The zero-order valence-electron chi connectivity index (χ0n) is 20.3. The predicted molar refractivity (Wildman–Crippen MR) is 134 cm³/mol. The van der Waals surface area contributed by atoms with Crippen molar-refractivity contribution in [1.82, 2.24) is 14.5 Å². The van der Waals surface area contributed by atoms with Crippen LogP contribution in [0.15, 0.2) is 42.5 Å². The number of hydrogen-bond donors (Lipinski definition) is 0. The van der Waals surface area contributed by atoms with E-state index >= 15 is 0 Å². The molecular weight excluding hydrogens is 426 g/mol. The van der Waals surface area contributed by atoms with Crippen molar-refractivity contribution in [2.45, 2.75) is 45.2 Å². The molecule has 7 nitrogen and oxygen atoms in total. The Morgan fingerprint density at radius 1 is 1.18 bits per heavy atom. The van der Waals surface area contributed by atoms with E-state index < -0.39 is 0 Å². The Bertz CT molecular complexity index is 1170. The molecule has 1 fully saturated rings. The first-order valence-electron chi connectivity index (χ1n) is 12.0. The SMILES string of the molecule is CCOC(=O)CCn1c(Cc2ccc(C#N)cc2)nc2cc(N3CCC(N(C)C)CC3)ccc21. The van der Waals surface area contributed by atoms with E-state index in [0.717, 1.165) is 48.4 Å². The summed E-state index contributed by atoms with van der Waals surface area (Å²) in [5.74, 6) is 0.710. The number of nitrogens with zero attached hydrogens (tertiary/aromatic N) is 5. The summed E-state index contributed by atoms with van der Waals surface area (Å²) in [4.78, 5) is 21.8. The first-order valence-corrected chi connectivity index (χ1v) is 12.0. The summed E-state index contributed by atoms with van der Waals surface area (Å²) in [5, 5.41) is 9.08. The van der Waals surface area contributed by atoms with Crippen LogP contribution in [0, 0.1) is 11.3 Å². The van der Waals surface area contributed by atoms with Crippen molar-refractivity contribution in [2.75, 3.05) is 38.7 Å². The number of aryl methyl sites for hydroxylation is 1. The van der Waals surface area contributed by atoms with Crippen LogP contribution in [0.5, 0.6) is 0 Å². The lowest BCUT2D eigenvalue weighted by molar-refractivity contribution is -0.143. The van der Waals surface area contributed by atoms with Gasteiger partial charge in [0, 0.05) is 37.8 Å². The quantitative estimate of drug-likeness (QED) is 0.475. The van der Waals surface area contributed by atoms with E-state index in [9.17, 15) is 4.79 Å². The van der Waals surface area contributed by atoms with Gasteiger partial charge < -0.3 is 19.1 Å². The molecule has 4 rings (SSSR count). The zero-order valence-corrected chi connectivity index (χ0v) is 20.3. The maximum absolute atomic E-state index is 12.1. The molecule has 1 aliphatic rings. The fourth-order valence-corrected chi connectivity index (χ4v) is 4.71. The summed E-state index contributed by atoms with van der Waals surface area (Å²) < 4.78 is 7.28. The number of imidazole rings is 1. The van der Waals surface area contributed by atoms with Gasteiger partial charge >= 0.3 is 5.97 Å². The number of benzene rings is 2. The van der Waals surface area contributed by atoms with Crippen LogP contribution in [-0.4, -0.2) is 60.3 Å². The molecule has 7 heteroatoms. The van der Waals surface area contributed by atoms with Gasteiger partial charge in [-0.05, 0) is 69.8 Å². The smallest absolute Gasteiger partial charge is 0.307 e. The van der Waals surface area contributed by atoms with Crippen molar-refractivity contribution in [3.8, 4) is 6.07 Å². The fourth-order valence-electron chi connectivity index (χ4n) is 4.71. The molecule has 34 heavy (non-hydrogen) atoms. The standard InChI is InChI=1S/C27H33N5O2/c1-4-34-27(33)13-16-32-25-10-9-23(31-14-11-22(12-15-31)30(2)3)18-24(25)29-26(32)17-20-5-7-21(19-28)8-6-20/h5-10,18,22H,4,11-17H2,1-3H3. The highest BCUT2D eigenvalue weighted by Crippen LogP contribution is 2.27. The Morgan fingerprint density at radius 2 is 1.91 bits per heavy atom. The topological polar surface area (TPSA) is 74.4 Å². The van der Waals surface area contributed by atoms with E-state index in [0.29, 0.717) is 37.6 Å². The van der Waals surface area contributed by atoms with Gasteiger partial charge in [0.15, 0.2) is 0 Å². The van der Waals surface area contributed by atoms with Gasteiger partial charge in [-0.1, -0.05) is 12.1 Å². The minimum Gasteiger partial charge on any atom is -0.466 e. The third kappa shape index (κ3) is 5.40. The minimum absolute atomic E-state index is 0.200. The van der Waals surface area contributed by atoms with Crippen molar-refractivity contribution in [1.29, 1.82) is 5.26 Å². The van der Waals surface area contributed by atoms with Crippen LogP contribution in [-0.2, 0) is 22.5 Å². The van der Waals surface area contributed by atoms with E-state index in [1.165, 1.54) is 5.69 Å². The second-order valence-corrected chi connectivity index (χ2v) is 9.08. The highest BCUT2D eigenvalue weighted by Gasteiger charge is 2.22. The normalized spacial score (nSPS) is 14.5. The lowest BCUT2D eigenvalue weighted by Crippen LogP contribution is -2.41. The van der Waals surface area contributed by atoms with Crippen molar-refractivity contribution in [2.24, 2.45) is 0 Å². The summed E-state index contributed by atoms with van der Waals surface area (Å²) in [6.07, 6.45) is 3.25. The monoisotopic (exact) mass is 459 g/mol. The van der Waals surface area contributed by atoms with Crippen LogP contribution in [0.1, 0.15) is 43.1 Å². The van der Waals surface area contributed by atoms with E-state index in [1.54, 1.807) is 0 Å². The van der Waals surface area contributed by atoms with E-state index in [-0.39, 0.29) is 5.97 Å². The lowest BCUT2D eigenvalue weighted by atomic mass is 10.0. The molecule has 0 bridgehead atoms. The number of ether oxygens (including phenoxy) is 1. The second-order valence-electron chi connectivity index (χ2n) is 9.08. The maximum Gasteiger partial charge on any atom is 0.307 e. The number of nitriles is 1. The average Bonchev–Trinajstić information content (AvgIpc) is 3.19. The van der Waals surface area contributed by atoms with Crippen molar-refractivity contribution in [3.05, 3.63) is 59.4 Å². The van der Waals surface area contributed by atoms with Crippen LogP contribution in [0.2, 0.25) is 0 Å². The molecule has 3 aromatic rings. The highest BCUT2D eigenvalue weighted by atomic mass is 16.5. The van der Waals surface area contributed by atoms with Crippen LogP contribution in [0.25, 0.3) is 11.0 Å². The van der Waals surface area contributed by atoms with Crippen LogP contribution < -0.4 is 4.90 Å². The zero-order chi connectivity index (χ0) is 24.1. The van der Waals surface area contributed by atoms with E-state index in [1.807, 2.05) is 31.2 Å². The largest absolute Gasteiger partial charge is 0.466 e. The summed E-state index contributed by atoms with van der Waals surface area (Å²) in [6, 6.07) is 16.9. The van der Waals surface area contributed by atoms with E-state index in [4.69, 9.17) is 15.0 Å². The molecule has 2 heterocycles. The van der Waals surface area contributed by atoms with Crippen LogP contribution in [0.4, 0.5) is 5.69 Å². The number of anilines is 1. The molecule has 0 atom stereocenters. The summed E-state index contributed by atoms with van der Waals surface area (Å²) >= 11 is 0. The van der Waals surface area contributed by atoms with Crippen LogP contribution in [0.3, 0.4) is 0 Å². The van der Waals surface area contributed by atoms with Gasteiger partial charge in [-0.25, -0.2) is 4.98 Å². The lowest BCUT2D eigenvalue weighted by Gasteiger charge is -2.36. The summed E-state index contributed by atoms with van der Waals surface area (Å²) in [5.41, 5.74) is 4.89. The number of rotatable bonds is 8. The number of aromatic nitrogens is 2. The number of carbonyl (C=O) groups is 1. The molecule has 0 spiro atoms. The van der Waals surface area contributed by atoms with Gasteiger partial charge in [0.25, 0.3) is 0 Å². The molecule has 0 unspecified atom stereocenters. The Balaban J connectivity index is 1.61. The first kappa shape index (κ1) is 23.8. The minimum atomic E-state index is -0.200. The molecule has 1 saturated heterocycles. The molecule has 2 aromatic carbocycles. The fraction of sp³-hybridized carbons (Fsp3) is 0.444. The molecule has 178 valence electrons. The number of hydrogen-bond acceptors (Lipinski definition) is 6. The Morgan fingerprint density at radius 3 is 2.56 bits per heavy atom. The Labute approximate surface area is 201 Å². The molecule has 0 N–H and O–H groups in total. The van der Waals surface area contributed by atoms with Crippen molar-refractivity contribution >= 4 is 22.7 Å². The van der Waals surface area contributed by atoms with E-state index in [2.05, 4.69) is 52.7 Å². The number of piperidine rings is 1. The molecular formula is C27H33N5O2. The van der Waals surface area contributed by atoms with Gasteiger partial charge in [0.05, 0.1) is 35.7 Å². The Hall–Kier alpha value is -3.37. The average molecular weight is 460 g/mol. The van der Waals surface area contributed by atoms with Crippen molar-refractivity contribution in [3.63, 3.8) is 0 Å².